The molecule has 98 valence electrons. The fourth-order valence-corrected chi connectivity index (χ4v) is 1.45. The van der Waals surface area contributed by atoms with Crippen LogP contribution < -0.4 is 10.6 Å². The van der Waals surface area contributed by atoms with Crippen LogP contribution in [0.2, 0.25) is 5.02 Å². The topological polar surface area (TPSA) is 78.4 Å². The summed E-state index contributed by atoms with van der Waals surface area (Å²) in [5, 5.41) is 14.3. The zero-order valence-corrected chi connectivity index (χ0v) is 10.9. The van der Waals surface area contributed by atoms with Crippen molar-refractivity contribution in [1.82, 2.24) is 5.32 Å². The van der Waals surface area contributed by atoms with Crippen molar-refractivity contribution in [2.24, 2.45) is 5.92 Å². The third kappa shape index (κ3) is 3.92. The van der Waals surface area contributed by atoms with Crippen LogP contribution in [-0.4, -0.2) is 23.1 Å². The number of carbonyl (C=O) groups is 2. The lowest BCUT2D eigenvalue weighted by Crippen LogP contribution is -2.42. The molecule has 0 spiro atoms. The normalized spacial score (nSPS) is 13.5. The SMILES string of the molecule is CC(NC(=O)Nc1ccccc1Cl)C(C)C(=O)O. The second-order valence-corrected chi connectivity index (χ2v) is 4.40. The van der Waals surface area contributed by atoms with Gasteiger partial charge in [-0.25, -0.2) is 4.79 Å². The molecule has 1 rings (SSSR count). The smallest absolute Gasteiger partial charge is 0.319 e. The highest BCUT2D eigenvalue weighted by atomic mass is 35.5. The maximum absolute atomic E-state index is 11.6. The van der Waals surface area contributed by atoms with Crippen LogP contribution in [0.25, 0.3) is 0 Å². The summed E-state index contributed by atoms with van der Waals surface area (Å²) in [5.41, 5.74) is 0.479. The van der Waals surface area contributed by atoms with Gasteiger partial charge in [0.05, 0.1) is 16.6 Å². The number of halogens is 1. The van der Waals surface area contributed by atoms with Crippen molar-refractivity contribution >= 4 is 29.3 Å². The highest BCUT2D eigenvalue weighted by molar-refractivity contribution is 6.33. The van der Waals surface area contributed by atoms with Crippen molar-refractivity contribution in [3.63, 3.8) is 0 Å². The third-order valence-corrected chi connectivity index (χ3v) is 2.95. The number of nitrogens with one attached hydrogen (secondary N) is 2. The van der Waals surface area contributed by atoms with Gasteiger partial charge in [-0.1, -0.05) is 23.7 Å². The molecule has 0 aliphatic carbocycles. The average Bonchev–Trinajstić information content (AvgIpc) is 2.30. The summed E-state index contributed by atoms with van der Waals surface area (Å²) < 4.78 is 0. The lowest BCUT2D eigenvalue weighted by Gasteiger charge is -2.18. The summed E-state index contributed by atoms with van der Waals surface area (Å²) in [6.45, 7) is 3.16. The molecule has 0 bridgehead atoms. The van der Waals surface area contributed by atoms with Gasteiger partial charge in [-0.3, -0.25) is 4.79 Å². The van der Waals surface area contributed by atoms with Gasteiger partial charge in [-0.05, 0) is 26.0 Å². The number of carbonyl (C=O) groups excluding carboxylic acids is 1. The van der Waals surface area contributed by atoms with Gasteiger partial charge < -0.3 is 15.7 Å². The molecule has 0 fully saturated rings. The van der Waals surface area contributed by atoms with Crippen LogP contribution >= 0.6 is 11.6 Å². The van der Waals surface area contributed by atoms with Gasteiger partial charge in [-0.2, -0.15) is 0 Å². The molecule has 0 radical (unpaired) electrons. The molecule has 2 unspecified atom stereocenters. The van der Waals surface area contributed by atoms with E-state index in [1.54, 1.807) is 31.2 Å². The van der Waals surface area contributed by atoms with Crippen LogP contribution in [0.3, 0.4) is 0 Å². The third-order valence-electron chi connectivity index (χ3n) is 2.62. The Morgan fingerprint density at radius 3 is 2.44 bits per heavy atom. The van der Waals surface area contributed by atoms with Crippen molar-refractivity contribution < 1.29 is 14.7 Å². The van der Waals surface area contributed by atoms with E-state index in [1.165, 1.54) is 6.92 Å². The number of hydrogen-bond donors (Lipinski definition) is 3. The first-order valence-electron chi connectivity index (χ1n) is 5.46. The van der Waals surface area contributed by atoms with Crippen molar-refractivity contribution in [3.05, 3.63) is 29.3 Å². The molecule has 6 heteroatoms. The molecule has 2 amide bonds. The zero-order valence-electron chi connectivity index (χ0n) is 10.1. The van der Waals surface area contributed by atoms with Gasteiger partial charge in [-0.15, -0.1) is 0 Å². The molecule has 1 aromatic carbocycles. The number of amides is 2. The molecule has 0 saturated heterocycles. The summed E-state index contributed by atoms with van der Waals surface area (Å²) >= 11 is 5.88. The van der Waals surface area contributed by atoms with Crippen molar-refractivity contribution in [1.29, 1.82) is 0 Å². The Labute approximate surface area is 110 Å². The highest BCUT2D eigenvalue weighted by Gasteiger charge is 2.21. The molecule has 0 aliphatic heterocycles. The van der Waals surface area contributed by atoms with Crippen LogP contribution in [0.1, 0.15) is 13.8 Å². The minimum atomic E-state index is -0.958. The monoisotopic (exact) mass is 270 g/mol. The van der Waals surface area contributed by atoms with Crippen LogP contribution in [0.15, 0.2) is 24.3 Å². The molecule has 3 N–H and O–H groups in total. The number of anilines is 1. The zero-order chi connectivity index (χ0) is 13.7. The van der Waals surface area contributed by atoms with Gasteiger partial charge in [0, 0.05) is 6.04 Å². The predicted octanol–water partition coefficient (Wildman–Crippen LogP) is 2.57. The Hall–Kier alpha value is -1.75. The van der Waals surface area contributed by atoms with E-state index >= 15 is 0 Å². The van der Waals surface area contributed by atoms with Crippen LogP contribution in [0.4, 0.5) is 10.5 Å². The molecular formula is C12H15ClN2O3. The van der Waals surface area contributed by atoms with E-state index in [1.807, 2.05) is 0 Å². The number of para-hydroxylation sites is 1. The van der Waals surface area contributed by atoms with E-state index in [0.29, 0.717) is 10.7 Å². The lowest BCUT2D eigenvalue weighted by molar-refractivity contribution is -0.141. The van der Waals surface area contributed by atoms with Crippen molar-refractivity contribution in [3.8, 4) is 0 Å². The quantitative estimate of drug-likeness (QED) is 0.787. The minimum absolute atomic E-state index is 0.423. The van der Waals surface area contributed by atoms with E-state index < -0.39 is 24.0 Å². The van der Waals surface area contributed by atoms with Gasteiger partial charge >= 0.3 is 12.0 Å². The van der Waals surface area contributed by atoms with Crippen LogP contribution in [-0.2, 0) is 4.79 Å². The Bertz CT molecular complexity index is 451. The first-order chi connectivity index (χ1) is 8.41. The van der Waals surface area contributed by atoms with Crippen LogP contribution in [0, 0.1) is 5.92 Å². The van der Waals surface area contributed by atoms with Crippen LogP contribution in [0.5, 0.6) is 0 Å². The number of urea groups is 1. The second kappa shape index (κ2) is 6.26. The number of carboxylic acid groups (broad SMARTS) is 1. The fraction of sp³-hybridized carbons (Fsp3) is 0.333. The molecule has 1 aromatic rings. The summed E-state index contributed by atoms with van der Waals surface area (Å²) in [5.74, 6) is -1.62. The number of rotatable bonds is 4. The van der Waals surface area contributed by atoms with Crippen molar-refractivity contribution in [2.45, 2.75) is 19.9 Å². The van der Waals surface area contributed by atoms with Gasteiger partial charge in [0.15, 0.2) is 0 Å². The largest absolute Gasteiger partial charge is 0.481 e. The molecule has 5 nitrogen and oxygen atoms in total. The molecule has 0 heterocycles. The van der Waals surface area contributed by atoms with E-state index in [4.69, 9.17) is 16.7 Å². The number of aliphatic carboxylic acids is 1. The Kier molecular flexibility index (Phi) is 4.97. The van der Waals surface area contributed by atoms with E-state index in [-0.39, 0.29) is 0 Å². The van der Waals surface area contributed by atoms with Gasteiger partial charge in [0.1, 0.15) is 0 Å². The van der Waals surface area contributed by atoms with E-state index in [0.717, 1.165) is 0 Å². The van der Waals surface area contributed by atoms with Crippen molar-refractivity contribution in [2.75, 3.05) is 5.32 Å². The molecule has 0 aliphatic rings. The maximum Gasteiger partial charge on any atom is 0.319 e. The number of carboxylic acids is 1. The Morgan fingerprint density at radius 2 is 1.89 bits per heavy atom. The molecule has 2 atom stereocenters. The number of hydrogen-bond acceptors (Lipinski definition) is 2. The fourth-order valence-electron chi connectivity index (χ4n) is 1.27. The average molecular weight is 271 g/mol. The summed E-state index contributed by atoms with van der Waals surface area (Å²) in [7, 11) is 0. The maximum atomic E-state index is 11.6. The van der Waals surface area contributed by atoms with E-state index in [2.05, 4.69) is 10.6 Å². The lowest BCUT2D eigenvalue weighted by atomic mass is 10.0. The molecule has 0 aromatic heterocycles. The van der Waals surface area contributed by atoms with E-state index in [9.17, 15) is 9.59 Å². The minimum Gasteiger partial charge on any atom is -0.481 e. The van der Waals surface area contributed by atoms with Gasteiger partial charge in [0.2, 0.25) is 0 Å². The summed E-state index contributed by atoms with van der Waals surface area (Å²) in [4.78, 5) is 22.4. The standard InChI is InChI=1S/C12H15ClN2O3/c1-7(11(16)17)8(2)14-12(18)15-10-6-4-3-5-9(10)13/h3-8H,1-2H3,(H,16,17)(H2,14,15,18). The summed E-state index contributed by atoms with van der Waals surface area (Å²) in [6, 6.07) is 5.84. The second-order valence-electron chi connectivity index (χ2n) is 3.99. The Morgan fingerprint density at radius 1 is 1.28 bits per heavy atom. The highest BCUT2D eigenvalue weighted by Crippen LogP contribution is 2.20. The first kappa shape index (κ1) is 14.3. The molecule has 0 saturated carbocycles. The molecular weight excluding hydrogens is 256 g/mol. The predicted molar refractivity (Wildman–Crippen MR) is 69.9 cm³/mol. The Balaban J connectivity index is 2.57. The van der Waals surface area contributed by atoms with Gasteiger partial charge in [0.25, 0.3) is 0 Å². The first-order valence-corrected chi connectivity index (χ1v) is 5.84. The molecule has 18 heavy (non-hydrogen) atoms. The summed E-state index contributed by atoms with van der Waals surface area (Å²) in [6.07, 6.45) is 0. The number of benzene rings is 1.